The van der Waals surface area contributed by atoms with Crippen molar-refractivity contribution in [3.63, 3.8) is 0 Å². The lowest BCUT2D eigenvalue weighted by atomic mass is 10.0. The lowest BCUT2D eigenvalue weighted by Gasteiger charge is -2.07. The van der Waals surface area contributed by atoms with E-state index in [2.05, 4.69) is 116 Å². The molecule has 4 heterocycles. The topological polar surface area (TPSA) is 67.3 Å². The summed E-state index contributed by atoms with van der Waals surface area (Å²) in [6.45, 7) is 4.27. The van der Waals surface area contributed by atoms with E-state index in [0.29, 0.717) is 0 Å². The van der Waals surface area contributed by atoms with Crippen LogP contribution in [0.3, 0.4) is 0 Å². The van der Waals surface area contributed by atoms with Crippen LogP contribution in [-0.2, 0) is 0 Å². The van der Waals surface area contributed by atoms with E-state index in [0.717, 1.165) is 78.4 Å². The summed E-state index contributed by atoms with van der Waals surface area (Å²) in [7, 11) is 0. The Labute approximate surface area is 309 Å². The SMILES string of the molecule is Cc1cc(-c2ccccc2)ncc1/C=C/c1cc(/C=C/c2ccc(-c3nc4ccccc4[nH]3)nc2)cc(/C=C/c2cnc(-c3ccccc3)cc2C)c1. The maximum Gasteiger partial charge on any atom is 0.157 e. The minimum absolute atomic E-state index is 0.762. The highest BCUT2D eigenvalue weighted by atomic mass is 14.9. The molecule has 0 radical (unpaired) electrons. The smallest absolute Gasteiger partial charge is 0.157 e. The molecule has 0 saturated heterocycles. The zero-order chi connectivity index (χ0) is 36.0. The highest BCUT2D eigenvalue weighted by molar-refractivity contribution is 5.81. The van der Waals surface area contributed by atoms with Crippen LogP contribution >= 0.6 is 0 Å². The van der Waals surface area contributed by atoms with Crippen LogP contribution in [0.15, 0.2) is 146 Å². The highest BCUT2D eigenvalue weighted by Gasteiger charge is 2.07. The van der Waals surface area contributed by atoms with E-state index in [-0.39, 0.29) is 0 Å². The lowest BCUT2D eigenvalue weighted by molar-refractivity contribution is 1.23. The Kier molecular flexibility index (Phi) is 9.45. The monoisotopic (exact) mass is 683 g/mol. The Morgan fingerprint density at radius 1 is 0.434 bits per heavy atom. The van der Waals surface area contributed by atoms with Gasteiger partial charge >= 0.3 is 0 Å². The van der Waals surface area contributed by atoms with Gasteiger partial charge in [-0.3, -0.25) is 15.0 Å². The third kappa shape index (κ3) is 7.85. The van der Waals surface area contributed by atoms with Crippen LogP contribution in [0.4, 0.5) is 0 Å². The summed E-state index contributed by atoms with van der Waals surface area (Å²) >= 11 is 0. The van der Waals surface area contributed by atoms with E-state index >= 15 is 0 Å². The second-order valence-electron chi connectivity index (χ2n) is 13.1. The Hall–Kier alpha value is -6.98. The van der Waals surface area contributed by atoms with Crippen molar-refractivity contribution in [2.75, 3.05) is 0 Å². The van der Waals surface area contributed by atoms with Crippen LogP contribution in [0.2, 0.25) is 0 Å². The number of aryl methyl sites for hydroxylation is 2. The number of pyridine rings is 3. The van der Waals surface area contributed by atoms with Crippen LogP contribution in [0.25, 0.3) is 81.5 Å². The second-order valence-corrected chi connectivity index (χ2v) is 13.1. The minimum Gasteiger partial charge on any atom is -0.337 e. The summed E-state index contributed by atoms with van der Waals surface area (Å²) in [4.78, 5) is 22.3. The fourth-order valence-electron chi connectivity index (χ4n) is 6.29. The molecule has 0 aliphatic rings. The van der Waals surface area contributed by atoms with Crippen LogP contribution in [0.1, 0.15) is 44.5 Å². The van der Waals surface area contributed by atoms with Gasteiger partial charge in [0.2, 0.25) is 0 Å². The molecule has 0 atom stereocenters. The first-order valence-corrected chi connectivity index (χ1v) is 17.7. The zero-order valence-electron chi connectivity index (χ0n) is 29.6. The number of aromatic amines is 1. The van der Waals surface area contributed by atoms with Crippen molar-refractivity contribution in [1.29, 1.82) is 0 Å². The molecule has 4 aromatic heterocycles. The van der Waals surface area contributed by atoms with Crippen molar-refractivity contribution in [3.8, 4) is 34.0 Å². The fourth-order valence-corrected chi connectivity index (χ4v) is 6.29. The van der Waals surface area contributed by atoms with Crippen molar-refractivity contribution in [3.05, 3.63) is 190 Å². The average molecular weight is 684 g/mol. The van der Waals surface area contributed by atoms with Gasteiger partial charge in [0, 0.05) is 29.7 Å². The van der Waals surface area contributed by atoms with Gasteiger partial charge in [-0.15, -0.1) is 0 Å². The van der Waals surface area contributed by atoms with Gasteiger partial charge in [-0.1, -0.05) is 115 Å². The average Bonchev–Trinajstić information content (AvgIpc) is 3.65. The molecular weight excluding hydrogens is 647 g/mol. The summed E-state index contributed by atoms with van der Waals surface area (Å²) in [6, 6.07) is 43.5. The molecule has 0 amide bonds. The lowest BCUT2D eigenvalue weighted by Crippen LogP contribution is -1.89. The summed E-state index contributed by atoms with van der Waals surface area (Å²) in [5, 5.41) is 0. The molecule has 5 heteroatoms. The minimum atomic E-state index is 0.762. The van der Waals surface area contributed by atoms with E-state index in [1.807, 2.05) is 85.3 Å². The first-order valence-electron chi connectivity index (χ1n) is 17.7. The number of nitrogens with one attached hydrogen (secondary N) is 1. The Balaban J connectivity index is 1.08. The number of nitrogens with zero attached hydrogens (tertiary/aromatic N) is 4. The number of benzene rings is 4. The molecule has 8 rings (SSSR count). The summed E-state index contributed by atoms with van der Waals surface area (Å²) < 4.78 is 0. The number of hydrogen-bond donors (Lipinski definition) is 1. The zero-order valence-corrected chi connectivity index (χ0v) is 29.6. The number of H-pyrrole nitrogens is 1. The van der Waals surface area contributed by atoms with E-state index in [1.165, 1.54) is 11.1 Å². The largest absolute Gasteiger partial charge is 0.337 e. The molecule has 53 heavy (non-hydrogen) atoms. The molecule has 4 aromatic carbocycles. The number of hydrogen-bond acceptors (Lipinski definition) is 4. The number of fused-ring (bicyclic) bond motifs is 1. The molecular formula is C48H37N5. The van der Waals surface area contributed by atoms with Crippen molar-refractivity contribution in [2.24, 2.45) is 0 Å². The number of aromatic nitrogens is 5. The van der Waals surface area contributed by atoms with Gasteiger partial charge in [-0.25, -0.2) is 4.98 Å². The quantitative estimate of drug-likeness (QED) is 0.164. The standard InChI is InChI=1S/C48H37N5/c1-33-25-46(39-11-5-3-6-12-39)50-31-41(33)22-19-37-27-36(18-17-35-21-24-45(49-30-35)48-52-43-15-9-10-16-44(43)53-48)28-38(29-37)20-23-42-32-51-47(26-34(42)2)40-13-7-4-8-14-40/h3-32H,1-2H3,(H,52,53)/b18-17+,22-19+,23-20+. The van der Waals surface area contributed by atoms with E-state index in [4.69, 9.17) is 19.9 Å². The van der Waals surface area contributed by atoms with Crippen LogP contribution in [0, 0.1) is 13.8 Å². The van der Waals surface area contributed by atoms with Gasteiger partial charge in [0.25, 0.3) is 0 Å². The predicted molar refractivity (Wildman–Crippen MR) is 221 cm³/mol. The van der Waals surface area contributed by atoms with E-state index in [9.17, 15) is 0 Å². The molecule has 0 spiro atoms. The molecule has 0 saturated carbocycles. The van der Waals surface area contributed by atoms with Gasteiger partial charge in [0.15, 0.2) is 5.82 Å². The van der Waals surface area contributed by atoms with Crippen LogP contribution in [-0.4, -0.2) is 24.9 Å². The molecule has 0 aliphatic heterocycles. The summed E-state index contributed by atoms with van der Waals surface area (Å²) in [6.07, 6.45) is 18.6. The van der Waals surface area contributed by atoms with Gasteiger partial charge in [0.05, 0.1) is 22.4 Å². The molecule has 0 aliphatic carbocycles. The van der Waals surface area contributed by atoms with Crippen molar-refractivity contribution < 1.29 is 0 Å². The molecule has 0 unspecified atom stereocenters. The molecule has 0 bridgehead atoms. The fraction of sp³-hybridized carbons (Fsp3) is 0.0417. The van der Waals surface area contributed by atoms with E-state index < -0.39 is 0 Å². The Morgan fingerprint density at radius 3 is 1.43 bits per heavy atom. The molecule has 5 nitrogen and oxygen atoms in total. The first-order chi connectivity index (χ1) is 26.0. The number of rotatable bonds is 9. The second kappa shape index (κ2) is 15.1. The van der Waals surface area contributed by atoms with Crippen molar-refractivity contribution in [2.45, 2.75) is 13.8 Å². The summed E-state index contributed by atoms with van der Waals surface area (Å²) in [5.41, 5.74) is 15.7. The van der Waals surface area contributed by atoms with Crippen molar-refractivity contribution in [1.82, 2.24) is 24.9 Å². The third-order valence-electron chi connectivity index (χ3n) is 9.24. The van der Waals surface area contributed by atoms with Crippen LogP contribution < -0.4 is 0 Å². The van der Waals surface area contributed by atoms with E-state index in [1.54, 1.807) is 0 Å². The highest BCUT2D eigenvalue weighted by Crippen LogP contribution is 2.25. The Morgan fingerprint density at radius 2 is 0.925 bits per heavy atom. The molecule has 1 N–H and O–H groups in total. The summed E-state index contributed by atoms with van der Waals surface area (Å²) in [5.74, 6) is 0.762. The normalized spacial score (nSPS) is 11.7. The van der Waals surface area contributed by atoms with Crippen molar-refractivity contribution >= 4 is 47.5 Å². The maximum atomic E-state index is 4.76. The maximum absolute atomic E-state index is 4.76. The molecule has 0 fully saturated rings. The van der Waals surface area contributed by atoms with Gasteiger partial charge in [-0.2, -0.15) is 0 Å². The molecule has 254 valence electrons. The molecule has 8 aromatic rings. The number of imidazole rings is 1. The van der Waals surface area contributed by atoms with Crippen LogP contribution in [0.5, 0.6) is 0 Å². The van der Waals surface area contributed by atoms with Gasteiger partial charge in [-0.05, 0) is 107 Å². The predicted octanol–water partition coefficient (Wildman–Crippen LogP) is 11.9. The number of para-hydroxylation sites is 2. The third-order valence-corrected chi connectivity index (χ3v) is 9.24. The first kappa shape index (κ1) is 33.2. The Bertz CT molecular complexity index is 2460. The van der Waals surface area contributed by atoms with Gasteiger partial charge in [0.1, 0.15) is 5.69 Å². The van der Waals surface area contributed by atoms with Gasteiger partial charge < -0.3 is 4.98 Å².